The van der Waals surface area contributed by atoms with Gasteiger partial charge >= 0.3 is 30.9 Å². The molecule has 0 atom stereocenters. The number of anilines is 3. The van der Waals surface area contributed by atoms with Crippen molar-refractivity contribution in [1.82, 2.24) is 65.5 Å². The molecule has 514 valence electrons. The van der Waals surface area contributed by atoms with Crippen molar-refractivity contribution in [3.05, 3.63) is 184 Å². The minimum absolute atomic E-state index is 0.0261. The van der Waals surface area contributed by atoms with Crippen molar-refractivity contribution in [1.29, 1.82) is 0 Å². The van der Waals surface area contributed by atoms with Crippen LogP contribution < -0.4 is 20.0 Å². The summed E-state index contributed by atoms with van der Waals surface area (Å²) in [6.45, 7) is 19.8. The van der Waals surface area contributed by atoms with Gasteiger partial charge in [-0.25, -0.2) is 23.2 Å². The summed E-state index contributed by atoms with van der Waals surface area (Å²) in [5.74, 6) is -1.65. The number of nitrogens with one attached hydrogen (secondary N) is 1. The first-order valence-corrected chi connectivity index (χ1v) is 31.8. The van der Waals surface area contributed by atoms with E-state index in [1.807, 2.05) is 95.1 Å². The van der Waals surface area contributed by atoms with Crippen molar-refractivity contribution < 1.29 is 58.7 Å². The fourth-order valence-electron chi connectivity index (χ4n) is 9.86. The molecule has 1 N–H and O–H groups in total. The molecule has 3 aliphatic heterocycles. The molecule has 12 rings (SSSR count). The third-order valence-corrected chi connectivity index (χ3v) is 15.2. The number of halogens is 7. The molecular weight excluding hydrogens is 1290 g/mol. The number of likely N-dealkylation sites (N-methyl/N-ethyl adjacent to an activating group) is 1. The highest BCUT2D eigenvalue weighted by Gasteiger charge is 2.29. The van der Waals surface area contributed by atoms with Crippen molar-refractivity contribution in [3.63, 3.8) is 0 Å². The number of urea groups is 3. The van der Waals surface area contributed by atoms with Crippen LogP contribution in [0.3, 0.4) is 0 Å². The molecule has 3 aliphatic rings. The molecule has 0 radical (unpaired) electrons. The lowest BCUT2D eigenvalue weighted by Crippen LogP contribution is -2.52. The van der Waals surface area contributed by atoms with E-state index in [1.165, 1.54) is 41.6 Å². The summed E-state index contributed by atoms with van der Waals surface area (Å²) in [5.41, 5.74) is 6.41. The summed E-state index contributed by atoms with van der Waals surface area (Å²) in [7, 11) is 1.99. The summed E-state index contributed by atoms with van der Waals surface area (Å²) < 4.78 is 98.9. The number of aryl methyl sites for hydroxylation is 2. The second-order valence-electron chi connectivity index (χ2n) is 21.5. The van der Waals surface area contributed by atoms with Crippen LogP contribution in [0.1, 0.15) is 80.7 Å². The van der Waals surface area contributed by atoms with Gasteiger partial charge in [-0.1, -0.05) is 69.6 Å². The van der Waals surface area contributed by atoms with E-state index >= 15 is 0 Å². The first kappa shape index (κ1) is 73.0. The Balaban J connectivity index is 0.000000181. The third kappa shape index (κ3) is 20.1. The highest BCUT2D eigenvalue weighted by Crippen LogP contribution is 2.30. The standard InChI is InChI=1S/C21H20ClFN4O3.C21H21F3N6O2.C21H22F2N6O2.2C2H6/c1-14-24-25-20(30-14)16-4-2-15(3-5-16)13-27(17-6-7-19(23)18(22)12-17)21(28)26-8-10-29-11-9-26;1-28-7-9-29(10-8-28)21(31)30(17-4-2-3-15(22)11-17)13-16-6-5-14(12-25-16)19-26-27-20(32-19)18(23)24;1-14-3-2-4-17(11-14)29(21(30)28-9-7-24-8-10-28)13-16-6-5-15(12-25-16)19-26-27-20(31-19)18(22)23;2*1-2/h2-7,12H,8-11,13H2,1H3;2-6,11-12,18H,7-10,13H2,1H3;2-6,11-12,18,24H,7-10,13H2,1H3;2*1-2H3. The molecule has 8 heterocycles. The van der Waals surface area contributed by atoms with E-state index in [0.717, 1.165) is 48.6 Å². The highest BCUT2D eigenvalue weighted by molar-refractivity contribution is 6.31. The van der Waals surface area contributed by atoms with Gasteiger partial charge in [0.25, 0.3) is 11.8 Å². The van der Waals surface area contributed by atoms with E-state index in [2.05, 4.69) is 50.8 Å². The summed E-state index contributed by atoms with van der Waals surface area (Å²) in [6, 6.07) is 31.4. The largest absolute Gasteiger partial charge is 0.421 e. The Morgan fingerprint density at radius 1 is 0.526 bits per heavy atom. The Bertz CT molecular complexity index is 3940. The molecule has 0 aliphatic carbocycles. The van der Waals surface area contributed by atoms with Gasteiger partial charge in [0.05, 0.1) is 60.4 Å². The Kier molecular flexibility index (Phi) is 26.9. The minimum Gasteiger partial charge on any atom is -0.421 e. The van der Waals surface area contributed by atoms with Crippen LogP contribution in [0.2, 0.25) is 5.02 Å². The molecule has 0 saturated carbocycles. The maximum absolute atomic E-state index is 13.9. The fraction of sp³-hybridized carbons (Fsp3) is 0.358. The molecule has 0 spiro atoms. The van der Waals surface area contributed by atoms with Crippen LogP contribution in [-0.4, -0.2) is 164 Å². The number of amides is 6. The summed E-state index contributed by atoms with van der Waals surface area (Å²) >= 11 is 5.97. The number of morpholine rings is 1. The van der Waals surface area contributed by atoms with E-state index in [0.29, 0.717) is 105 Å². The van der Waals surface area contributed by atoms with E-state index in [9.17, 15) is 40.7 Å². The Labute approximate surface area is 562 Å². The van der Waals surface area contributed by atoms with Crippen LogP contribution in [0, 0.1) is 25.5 Å². The maximum Gasteiger partial charge on any atom is 0.324 e. The van der Waals surface area contributed by atoms with Gasteiger partial charge in [0.15, 0.2) is 0 Å². The van der Waals surface area contributed by atoms with Gasteiger partial charge in [-0.2, -0.15) is 17.6 Å². The summed E-state index contributed by atoms with van der Waals surface area (Å²) in [4.78, 5) is 60.6. The van der Waals surface area contributed by atoms with Crippen molar-refractivity contribution in [2.75, 3.05) is 100 Å². The first-order valence-electron chi connectivity index (χ1n) is 31.4. The molecule has 9 aromatic rings. The Morgan fingerprint density at radius 3 is 1.47 bits per heavy atom. The van der Waals surface area contributed by atoms with Gasteiger partial charge < -0.3 is 42.9 Å². The van der Waals surface area contributed by atoms with E-state index in [1.54, 1.807) is 69.0 Å². The third-order valence-electron chi connectivity index (χ3n) is 14.9. The molecule has 0 unspecified atom stereocenters. The summed E-state index contributed by atoms with van der Waals surface area (Å²) in [6.07, 6.45) is -2.81. The average Bonchev–Trinajstić information content (AvgIpc) is 1.44. The molecule has 3 fully saturated rings. The quantitative estimate of drug-likeness (QED) is 0.0996. The van der Waals surface area contributed by atoms with Gasteiger partial charge in [-0.3, -0.25) is 24.7 Å². The number of nitrogens with zero attached hydrogens (tertiary/aromatic N) is 15. The van der Waals surface area contributed by atoms with E-state index in [-0.39, 0.29) is 48.0 Å². The lowest BCUT2D eigenvalue weighted by molar-refractivity contribution is 0.0548. The maximum atomic E-state index is 13.9. The van der Waals surface area contributed by atoms with Crippen LogP contribution in [0.4, 0.5) is 57.8 Å². The van der Waals surface area contributed by atoms with Crippen molar-refractivity contribution in [2.24, 2.45) is 0 Å². The predicted octanol–water partition coefficient (Wildman–Crippen LogP) is 13.3. The molecule has 4 aromatic carbocycles. The SMILES string of the molecule is CC.CC.CN1CCN(C(=O)N(Cc2ccc(-c3nnc(C(F)F)o3)cn2)c2cccc(F)c2)CC1.Cc1cccc(N(Cc2ccc(-c3nnc(C(F)F)o3)cn2)C(=O)N2CCNCC2)c1.Cc1nnc(-c2ccc(CN(C(=O)N3CCOCC3)c3ccc(F)c(Cl)c3)cc2)o1. The Hall–Kier alpha value is -9.84. The lowest BCUT2D eigenvalue weighted by atomic mass is 10.1. The number of alkyl halides is 4. The van der Waals surface area contributed by atoms with Gasteiger partial charge in [-0.15, -0.1) is 30.6 Å². The molecule has 30 heteroatoms. The van der Waals surface area contributed by atoms with Crippen molar-refractivity contribution in [3.8, 4) is 34.4 Å². The number of hydrogen-bond acceptors (Lipinski definition) is 17. The van der Waals surface area contributed by atoms with Crippen LogP contribution in [0.15, 0.2) is 141 Å². The van der Waals surface area contributed by atoms with Crippen molar-refractivity contribution in [2.45, 2.75) is 74.0 Å². The first-order chi connectivity index (χ1) is 46.9. The molecular formula is C67H75ClF6N16O7. The lowest BCUT2D eigenvalue weighted by Gasteiger charge is -2.36. The number of rotatable bonds is 14. The molecule has 97 heavy (non-hydrogen) atoms. The van der Waals surface area contributed by atoms with Crippen LogP contribution in [0.25, 0.3) is 34.4 Å². The number of hydrogen-bond donors (Lipinski definition) is 1. The number of carbonyl (C=O) groups is 3. The topological polar surface area (TPSA) is 238 Å². The molecule has 6 amide bonds. The van der Waals surface area contributed by atoms with E-state index < -0.39 is 36.3 Å². The number of aromatic nitrogens is 8. The smallest absolute Gasteiger partial charge is 0.324 e. The monoisotopic (exact) mass is 1360 g/mol. The zero-order valence-corrected chi connectivity index (χ0v) is 55.4. The molecule has 3 saturated heterocycles. The minimum atomic E-state index is -2.86. The second kappa shape index (κ2) is 35.8. The normalized spacial score (nSPS) is 13.8. The Morgan fingerprint density at radius 2 is 1.00 bits per heavy atom. The highest BCUT2D eigenvalue weighted by atomic mass is 35.5. The summed E-state index contributed by atoms with van der Waals surface area (Å²) in [5, 5.41) is 24.9. The number of pyridine rings is 2. The van der Waals surface area contributed by atoms with Crippen molar-refractivity contribution >= 4 is 46.8 Å². The average molecular weight is 1370 g/mol. The van der Waals surface area contributed by atoms with Gasteiger partial charge in [0, 0.05) is 107 Å². The van der Waals surface area contributed by atoms with Crippen LogP contribution in [0.5, 0.6) is 0 Å². The van der Waals surface area contributed by atoms with Gasteiger partial charge in [0.2, 0.25) is 23.6 Å². The predicted molar refractivity (Wildman–Crippen MR) is 352 cm³/mol. The van der Waals surface area contributed by atoms with Crippen LogP contribution in [-0.2, 0) is 24.4 Å². The zero-order valence-electron chi connectivity index (χ0n) is 54.6. The van der Waals surface area contributed by atoms with Crippen LogP contribution >= 0.6 is 11.6 Å². The number of benzene rings is 4. The molecule has 0 bridgehead atoms. The molecule has 5 aromatic heterocycles. The number of carbonyl (C=O) groups excluding carboxylic acids is 3. The van der Waals surface area contributed by atoms with Gasteiger partial charge in [0.1, 0.15) is 11.6 Å². The second-order valence-corrected chi connectivity index (χ2v) is 21.9. The van der Waals surface area contributed by atoms with Gasteiger partial charge in [-0.05, 0) is 110 Å². The number of ether oxygens (including phenoxy) is 1. The van der Waals surface area contributed by atoms with E-state index in [4.69, 9.17) is 29.6 Å². The zero-order chi connectivity index (χ0) is 69.5. The number of piperazine rings is 2. The molecule has 23 nitrogen and oxygen atoms in total. The fourth-order valence-corrected chi connectivity index (χ4v) is 10.0.